The van der Waals surface area contributed by atoms with E-state index in [9.17, 15) is 4.39 Å². The molecule has 112 valence electrons. The van der Waals surface area contributed by atoms with Crippen LogP contribution in [0.4, 0.5) is 4.39 Å². The molecule has 2 aromatic carbocycles. The predicted molar refractivity (Wildman–Crippen MR) is 84.7 cm³/mol. The zero-order valence-electron chi connectivity index (χ0n) is 11.5. The van der Waals surface area contributed by atoms with Gasteiger partial charge in [-0.1, -0.05) is 27.5 Å². The van der Waals surface area contributed by atoms with Gasteiger partial charge in [-0.05, 0) is 35.9 Å². The molecule has 0 spiro atoms. The van der Waals surface area contributed by atoms with E-state index in [2.05, 4.69) is 15.9 Å². The summed E-state index contributed by atoms with van der Waals surface area (Å²) in [6, 6.07) is 7.39. The molecule has 0 heterocycles. The number of hydrogen-bond donors (Lipinski definition) is 1. The molecule has 0 aliphatic rings. The highest BCUT2D eigenvalue weighted by Crippen LogP contribution is 2.40. The van der Waals surface area contributed by atoms with Gasteiger partial charge >= 0.3 is 0 Å². The third-order valence-electron chi connectivity index (χ3n) is 3.10. The van der Waals surface area contributed by atoms with Crippen LogP contribution in [0.5, 0.6) is 11.5 Å². The first-order valence-corrected chi connectivity index (χ1v) is 7.27. The highest BCUT2D eigenvalue weighted by atomic mass is 79.9. The lowest BCUT2D eigenvalue weighted by Gasteiger charge is -2.19. The Morgan fingerprint density at radius 1 is 1.19 bits per heavy atom. The van der Waals surface area contributed by atoms with E-state index in [1.807, 2.05) is 0 Å². The van der Waals surface area contributed by atoms with Gasteiger partial charge in [0.05, 0.1) is 20.3 Å². The van der Waals surface area contributed by atoms with E-state index >= 15 is 0 Å². The molecule has 0 saturated heterocycles. The van der Waals surface area contributed by atoms with Crippen molar-refractivity contribution in [1.29, 1.82) is 0 Å². The van der Waals surface area contributed by atoms with Crippen LogP contribution in [0.2, 0.25) is 5.02 Å². The summed E-state index contributed by atoms with van der Waals surface area (Å²) < 4.78 is 24.6. The van der Waals surface area contributed by atoms with Crippen LogP contribution >= 0.6 is 27.5 Å². The number of methoxy groups -OCH3 is 2. The molecule has 6 heteroatoms. The van der Waals surface area contributed by atoms with Gasteiger partial charge in [0.1, 0.15) is 22.3 Å². The van der Waals surface area contributed by atoms with Crippen molar-refractivity contribution in [2.45, 2.75) is 6.04 Å². The average Bonchev–Trinajstić information content (AvgIpc) is 2.45. The fourth-order valence-electron chi connectivity index (χ4n) is 2.10. The normalized spacial score (nSPS) is 12.1. The molecule has 0 aliphatic heterocycles. The van der Waals surface area contributed by atoms with Crippen LogP contribution in [0.3, 0.4) is 0 Å². The van der Waals surface area contributed by atoms with Crippen LogP contribution in [0.25, 0.3) is 0 Å². The molecule has 1 unspecified atom stereocenters. The molecular formula is C15H14BrClFNO2. The summed E-state index contributed by atoms with van der Waals surface area (Å²) >= 11 is 9.47. The highest BCUT2D eigenvalue weighted by Gasteiger charge is 2.20. The monoisotopic (exact) mass is 373 g/mol. The van der Waals surface area contributed by atoms with Crippen LogP contribution in [0, 0.1) is 5.82 Å². The van der Waals surface area contributed by atoms with Crippen molar-refractivity contribution in [2.75, 3.05) is 14.2 Å². The Morgan fingerprint density at radius 2 is 1.90 bits per heavy atom. The Hall–Kier alpha value is -1.30. The molecule has 0 bridgehead atoms. The number of halogens is 3. The topological polar surface area (TPSA) is 44.5 Å². The van der Waals surface area contributed by atoms with Crippen molar-refractivity contribution in [3.8, 4) is 11.5 Å². The Labute approximate surface area is 135 Å². The van der Waals surface area contributed by atoms with Gasteiger partial charge in [-0.3, -0.25) is 0 Å². The molecule has 0 saturated carbocycles. The van der Waals surface area contributed by atoms with Crippen LogP contribution < -0.4 is 15.2 Å². The molecule has 0 aliphatic carbocycles. The van der Waals surface area contributed by atoms with Crippen LogP contribution in [-0.4, -0.2) is 14.2 Å². The first kappa shape index (κ1) is 16.1. The van der Waals surface area contributed by atoms with Crippen molar-refractivity contribution in [3.05, 3.63) is 56.8 Å². The van der Waals surface area contributed by atoms with E-state index < -0.39 is 6.04 Å². The molecule has 0 aromatic heterocycles. The lowest BCUT2D eigenvalue weighted by Crippen LogP contribution is -2.14. The molecular weight excluding hydrogens is 361 g/mol. The second kappa shape index (κ2) is 6.64. The fraction of sp³-hybridized carbons (Fsp3) is 0.200. The quantitative estimate of drug-likeness (QED) is 0.867. The van der Waals surface area contributed by atoms with Crippen molar-refractivity contribution in [3.63, 3.8) is 0 Å². The maximum absolute atomic E-state index is 13.5. The summed E-state index contributed by atoms with van der Waals surface area (Å²) in [5.41, 5.74) is 7.49. The molecule has 0 fully saturated rings. The number of ether oxygens (including phenoxy) is 2. The van der Waals surface area contributed by atoms with Gasteiger partial charge in [-0.15, -0.1) is 0 Å². The molecule has 21 heavy (non-hydrogen) atoms. The highest BCUT2D eigenvalue weighted by molar-refractivity contribution is 9.10. The number of hydrogen-bond acceptors (Lipinski definition) is 3. The van der Waals surface area contributed by atoms with Crippen molar-refractivity contribution in [1.82, 2.24) is 0 Å². The van der Waals surface area contributed by atoms with E-state index in [1.165, 1.54) is 26.4 Å². The van der Waals surface area contributed by atoms with Gasteiger partial charge in [-0.25, -0.2) is 4.39 Å². The second-order valence-electron chi connectivity index (χ2n) is 4.38. The third-order valence-corrected chi connectivity index (χ3v) is 3.91. The van der Waals surface area contributed by atoms with E-state index in [0.717, 1.165) is 0 Å². The molecule has 3 nitrogen and oxygen atoms in total. The molecule has 2 rings (SSSR count). The average molecular weight is 375 g/mol. The third kappa shape index (κ3) is 3.31. The Bertz CT molecular complexity index is 646. The van der Waals surface area contributed by atoms with E-state index in [4.69, 9.17) is 26.8 Å². The minimum atomic E-state index is -0.574. The second-order valence-corrected chi connectivity index (χ2v) is 5.68. The predicted octanol–water partition coefficient (Wildman–Crippen LogP) is 4.31. The van der Waals surface area contributed by atoms with Crippen LogP contribution in [0.1, 0.15) is 17.2 Å². The molecule has 1 atom stereocenters. The summed E-state index contributed by atoms with van der Waals surface area (Å²) in [4.78, 5) is 0. The minimum Gasteiger partial charge on any atom is -0.495 e. The lowest BCUT2D eigenvalue weighted by atomic mass is 9.98. The van der Waals surface area contributed by atoms with E-state index in [0.29, 0.717) is 32.1 Å². The van der Waals surface area contributed by atoms with Gasteiger partial charge in [-0.2, -0.15) is 0 Å². The summed E-state index contributed by atoms with van der Waals surface area (Å²) in [6.45, 7) is 0. The summed E-state index contributed by atoms with van der Waals surface area (Å²) in [5, 5.41) is 0.336. The van der Waals surface area contributed by atoms with Crippen LogP contribution in [0.15, 0.2) is 34.8 Å². The molecule has 2 aromatic rings. The smallest absolute Gasteiger partial charge is 0.146 e. The maximum atomic E-state index is 13.5. The van der Waals surface area contributed by atoms with Gasteiger partial charge in [0, 0.05) is 10.0 Å². The van der Waals surface area contributed by atoms with E-state index in [-0.39, 0.29) is 5.82 Å². The van der Waals surface area contributed by atoms with Gasteiger partial charge < -0.3 is 15.2 Å². The minimum absolute atomic E-state index is 0.336. The van der Waals surface area contributed by atoms with Gasteiger partial charge in [0.25, 0.3) is 0 Å². The first-order chi connectivity index (χ1) is 9.97. The van der Waals surface area contributed by atoms with Crippen molar-refractivity contribution >= 4 is 27.5 Å². The zero-order chi connectivity index (χ0) is 15.6. The Balaban J connectivity index is 2.52. The number of rotatable bonds is 4. The number of nitrogens with two attached hydrogens (primary N) is 1. The summed E-state index contributed by atoms with van der Waals surface area (Å²) in [5.74, 6) is 0.544. The Kier molecular flexibility index (Phi) is 5.08. The van der Waals surface area contributed by atoms with Gasteiger partial charge in [0.2, 0.25) is 0 Å². The standard InChI is InChI=1S/C15H14BrClFNO2/c1-20-12-4-3-11(15(21-2)13(12)17)14(19)8-5-9(16)7-10(18)6-8/h3-7,14H,19H2,1-2H3. The van der Waals surface area contributed by atoms with Gasteiger partial charge in [0.15, 0.2) is 0 Å². The maximum Gasteiger partial charge on any atom is 0.146 e. The SMILES string of the molecule is COc1ccc(C(N)c2cc(F)cc(Br)c2)c(OC)c1Cl. The number of benzene rings is 2. The molecule has 0 amide bonds. The molecule has 0 radical (unpaired) electrons. The van der Waals surface area contributed by atoms with Crippen LogP contribution in [-0.2, 0) is 0 Å². The molecule has 2 N–H and O–H groups in total. The zero-order valence-corrected chi connectivity index (χ0v) is 13.8. The Morgan fingerprint density at radius 3 is 2.48 bits per heavy atom. The summed E-state index contributed by atoms with van der Waals surface area (Å²) in [6.07, 6.45) is 0. The largest absolute Gasteiger partial charge is 0.495 e. The van der Waals surface area contributed by atoms with Crippen molar-refractivity contribution < 1.29 is 13.9 Å². The fourth-order valence-corrected chi connectivity index (χ4v) is 2.91. The van der Waals surface area contributed by atoms with Crippen molar-refractivity contribution in [2.24, 2.45) is 5.73 Å². The lowest BCUT2D eigenvalue weighted by molar-refractivity contribution is 0.390. The van der Waals surface area contributed by atoms with E-state index in [1.54, 1.807) is 18.2 Å². The first-order valence-electron chi connectivity index (χ1n) is 6.10. The summed E-state index contributed by atoms with van der Waals surface area (Å²) in [7, 11) is 3.02.